The van der Waals surface area contributed by atoms with Crippen LogP contribution in [0.25, 0.3) is 0 Å². The maximum atomic E-state index is 12.2. The molecule has 0 bridgehead atoms. The summed E-state index contributed by atoms with van der Waals surface area (Å²) in [7, 11) is 3.51. The van der Waals surface area contributed by atoms with Gasteiger partial charge < -0.3 is 20.3 Å². The first-order chi connectivity index (χ1) is 13.9. The number of amides is 2. The van der Waals surface area contributed by atoms with Gasteiger partial charge in [-0.25, -0.2) is 0 Å². The molecule has 0 aromatic heterocycles. The smallest absolute Gasteiger partial charge is 0.243 e. The van der Waals surface area contributed by atoms with Gasteiger partial charge in [0.1, 0.15) is 5.75 Å². The molecule has 2 amide bonds. The third-order valence-electron chi connectivity index (χ3n) is 4.56. The van der Waals surface area contributed by atoms with Crippen LogP contribution < -0.4 is 15.4 Å². The van der Waals surface area contributed by atoms with Gasteiger partial charge in [0.25, 0.3) is 0 Å². The minimum absolute atomic E-state index is 0.100. The zero-order valence-corrected chi connectivity index (χ0v) is 17.7. The number of rotatable bonds is 10. The van der Waals surface area contributed by atoms with Crippen molar-refractivity contribution in [2.45, 2.75) is 39.2 Å². The number of benzene rings is 2. The van der Waals surface area contributed by atoms with Crippen LogP contribution in [-0.4, -0.2) is 43.5 Å². The molecule has 1 unspecified atom stereocenters. The number of nitrogens with one attached hydrogen (secondary N) is 2. The van der Waals surface area contributed by atoms with Crippen LogP contribution in [0.5, 0.6) is 5.75 Å². The first-order valence-corrected chi connectivity index (χ1v) is 9.97. The molecule has 0 saturated heterocycles. The van der Waals surface area contributed by atoms with Crippen molar-refractivity contribution in [3.63, 3.8) is 0 Å². The first-order valence-electron chi connectivity index (χ1n) is 9.97. The molecule has 0 saturated carbocycles. The summed E-state index contributed by atoms with van der Waals surface area (Å²) in [5.41, 5.74) is 2.64. The molecule has 156 valence electrons. The lowest BCUT2D eigenvalue weighted by molar-refractivity contribution is -0.128. The maximum Gasteiger partial charge on any atom is 0.243 e. The van der Waals surface area contributed by atoms with E-state index in [1.54, 1.807) is 19.0 Å². The molecule has 6 heteroatoms. The molecule has 2 aromatic rings. The molecule has 2 rings (SSSR count). The summed E-state index contributed by atoms with van der Waals surface area (Å²) in [6, 6.07) is 15.2. The van der Waals surface area contributed by atoms with Crippen molar-refractivity contribution in [3.8, 4) is 5.75 Å². The summed E-state index contributed by atoms with van der Waals surface area (Å²) < 4.78 is 5.74. The largest absolute Gasteiger partial charge is 0.491 e. The van der Waals surface area contributed by atoms with Gasteiger partial charge in [-0.15, -0.1) is 0 Å². The molecule has 6 nitrogen and oxygen atoms in total. The highest BCUT2D eigenvalue weighted by Gasteiger charge is 2.07. The highest BCUT2D eigenvalue weighted by atomic mass is 16.5. The zero-order valence-electron chi connectivity index (χ0n) is 17.7. The van der Waals surface area contributed by atoms with Crippen LogP contribution >= 0.6 is 0 Å². The maximum absolute atomic E-state index is 12.2. The van der Waals surface area contributed by atoms with E-state index in [0.29, 0.717) is 12.8 Å². The molecule has 0 heterocycles. The Morgan fingerprint density at radius 3 is 2.45 bits per heavy atom. The predicted octanol–water partition coefficient (Wildman–Crippen LogP) is 3.94. The van der Waals surface area contributed by atoms with Crippen LogP contribution in [0.15, 0.2) is 48.5 Å². The molecule has 29 heavy (non-hydrogen) atoms. The van der Waals surface area contributed by atoms with Crippen molar-refractivity contribution >= 4 is 23.2 Å². The van der Waals surface area contributed by atoms with Gasteiger partial charge in [-0.2, -0.15) is 0 Å². The molecular weight excluding hydrogens is 366 g/mol. The fraction of sp³-hybridized carbons (Fsp3) is 0.391. The Hall–Kier alpha value is -3.02. The number of ether oxygens (including phenoxy) is 1. The summed E-state index contributed by atoms with van der Waals surface area (Å²) in [4.78, 5) is 25.5. The summed E-state index contributed by atoms with van der Waals surface area (Å²) in [6.07, 6.45) is 2.24. The molecule has 0 radical (unpaired) electrons. The van der Waals surface area contributed by atoms with Gasteiger partial charge in [-0.1, -0.05) is 19.1 Å². The number of carbonyl (C=O) groups is 2. The second-order valence-corrected chi connectivity index (χ2v) is 7.25. The van der Waals surface area contributed by atoms with E-state index in [0.717, 1.165) is 29.1 Å². The molecule has 2 aromatic carbocycles. The van der Waals surface area contributed by atoms with Gasteiger partial charge in [0.05, 0.1) is 12.6 Å². The predicted molar refractivity (Wildman–Crippen MR) is 117 cm³/mol. The Labute approximate surface area is 173 Å². The topological polar surface area (TPSA) is 70.7 Å². The minimum Gasteiger partial charge on any atom is -0.491 e. The van der Waals surface area contributed by atoms with E-state index in [4.69, 9.17) is 4.74 Å². The number of anilines is 2. The molecule has 0 aliphatic carbocycles. The Balaban J connectivity index is 1.81. The fourth-order valence-electron chi connectivity index (χ4n) is 2.63. The summed E-state index contributed by atoms with van der Waals surface area (Å²) in [5, 5.41) is 6.00. The number of carbonyl (C=O) groups excluding carboxylic acids is 2. The van der Waals surface area contributed by atoms with Gasteiger partial charge in [0.15, 0.2) is 0 Å². The Morgan fingerprint density at radius 2 is 1.79 bits per heavy atom. The van der Waals surface area contributed by atoms with E-state index in [1.807, 2.05) is 55.5 Å². The normalized spacial score (nSPS) is 11.4. The van der Waals surface area contributed by atoms with E-state index >= 15 is 0 Å². The second-order valence-electron chi connectivity index (χ2n) is 7.25. The third-order valence-corrected chi connectivity index (χ3v) is 4.56. The summed E-state index contributed by atoms with van der Waals surface area (Å²) >= 11 is 0. The third kappa shape index (κ3) is 7.86. The summed E-state index contributed by atoms with van der Waals surface area (Å²) in [5.74, 6) is 0.761. The van der Waals surface area contributed by atoms with Crippen molar-refractivity contribution < 1.29 is 14.3 Å². The Morgan fingerprint density at radius 1 is 1.07 bits per heavy atom. The average Bonchev–Trinajstić information content (AvgIpc) is 2.72. The van der Waals surface area contributed by atoms with Crippen LogP contribution in [0.3, 0.4) is 0 Å². The van der Waals surface area contributed by atoms with E-state index in [9.17, 15) is 9.59 Å². The van der Waals surface area contributed by atoms with E-state index in [-0.39, 0.29) is 24.5 Å². The van der Waals surface area contributed by atoms with Crippen LogP contribution in [0.4, 0.5) is 11.4 Å². The number of hydrogen-bond donors (Lipinski definition) is 2. The lowest BCUT2D eigenvalue weighted by atomic mass is 10.1. The van der Waals surface area contributed by atoms with Crippen molar-refractivity contribution in [2.75, 3.05) is 31.3 Å². The quantitative estimate of drug-likeness (QED) is 0.637. The molecule has 0 spiro atoms. The molecule has 0 fully saturated rings. The molecular formula is C23H31N3O3. The lowest BCUT2D eigenvalue weighted by Gasteiger charge is -2.13. The average molecular weight is 398 g/mol. The van der Waals surface area contributed by atoms with Crippen molar-refractivity contribution in [3.05, 3.63) is 54.1 Å². The van der Waals surface area contributed by atoms with Crippen LogP contribution in [0, 0.1) is 0 Å². The lowest BCUT2D eigenvalue weighted by Crippen LogP contribution is -2.22. The van der Waals surface area contributed by atoms with Gasteiger partial charge in [-0.3, -0.25) is 9.59 Å². The number of aryl methyl sites for hydroxylation is 1. The summed E-state index contributed by atoms with van der Waals surface area (Å²) in [6.45, 7) is 4.26. The number of nitrogens with zero attached hydrogens (tertiary/aromatic N) is 1. The van der Waals surface area contributed by atoms with Crippen molar-refractivity contribution in [2.24, 2.45) is 0 Å². The highest BCUT2D eigenvalue weighted by Crippen LogP contribution is 2.18. The number of hydrogen-bond acceptors (Lipinski definition) is 4. The minimum atomic E-state index is -0.131. The standard InChI is InChI=1S/C23H31N3O3/c1-5-17(2)29-21-12-10-19(11-13-21)25-22(27)16-24-20-8-6-7-18(15-20)9-14-23(28)26(3)4/h6-8,10-13,15,17,24H,5,9,14,16H2,1-4H3,(H,25,27). The molecule has 0 aliphatic rings. The van der Waals surface area contributed by atoms with Gasteiger partial charge in [-0.05, 0) is 61.7 Å². The Bertz CT molecular complexity index is 803. The monoisotopic (exact) mass is 397 g/mol. The van der Waals surface area contributed by atoms with Crippen LogP contribution in [-0.2, 0) is 16.0 Å². The molecule has 2 N–H and O–H groups in total. The second kappa shape index (κ2) is 11.1. The van der Waals surface area contributed by atoms with E-state index in [1.165, 1.54) is 0 Å². The SMILES string of the molecule is CCC(C)Oc1ccc(NC(=O)CNc2cccc(CCC(=O)N(C)C)c2)cc1. The molecule has 1 atom stereocenters. The highest BCUT2D eigenvalue weighted by molar-refractivity contribution is 5.93. The Kier molecular flexibility index (Phi) is 8.52. The van der Waals surface area contributed by atoms with Gasteiger partial charge >= 0.3 is 0 Å². The zero-order chi connectivity index (χ0) is 21.2. The van der Waals surface area contributed by atoms with Crippen molar-refractivity contribution in [1.82, 2.24) is 4.90 Å². The van der Waals surface area contributed by atoms with Crippen molar-refractivity contribution in [1.29, 1.82) is 0 Å². The molecule has 0 aliphatic heterocycles. The van der Waals surface area contributed by atoms with E-state index < -0.39 is 0 Å². The van der Waals surface area contributed by atoms with Gasteiger partial charge in [0.2, 0.25) is 11.8 Å². The van der Waals surface area contributed by atoms with E-state index in [2.05, 4.69) is 17.6 Å². The first kappa shape index (κ1) is 22.3. The van der Waals surface area contributed by atoms with Crippen LogP contribution in [0.1, 0.15) is 32.3 Å². The van der Waals surface area contributed by atoms with Crippen LogP contribution in [0.2, 0.25) is 0 Å². The van der Waals surface area contributed by atoms with Gasteiger partial charge in [0, 0.05) is 31.9 Å². The fourth-order valence-corrected chi connectivity index (χ4v) is 2.63.